The highest BCUT2D eigenvalue weighted by Gasteiger charge is 2.36. The van der Waals surface area contributed by atoms with E-state index in [1.54, 1.807) is 17.3 Å². The third-order valence-electron chi connectivity index (χ3n) is 4.46. The highest BCUT2D eigenvalue weighted by Crippen LogP contribution is 2.30. The fourth-order valence-electron chi connectivity index (χ4n) is 3.10. The maximum absolute atomic E-state index is 12.8. The summed E-state index contributed by atoms with van der Waals surface area (Å²) in [5.74, 6) is 0.894. The summed E-state index contributed by atoms with van der Waals surface area (Å²) in [4.78, 5) is 24.7. The number of aromatic amines is 1. The second-order valence-electron chi connectivity index (χ2n) is 6.21. The smallest absolute Gasteiger partial charge is 0.349 e. The summed E-state index contributed by atoms with van der Waals surface area (Å²) < 4.78 is 38.4. The number of imidazole rings is 1. The van der Waals surface area contributed by atoms with Gasteiger partial charge < -0.3 is 9.88 Å². The Labute approximate surface area is 147 Å². The summed E-state index contributed by atoms with van der Waals surface area (Å²) in [5, 5.41) is 8.93. The number of carbonyl (C=O) groups excluding carboxylic acids is 1. The molecular weight excluding hydrogens is 347 g/mol. The molecule has 6 nitrogen and oxygen atoms in total. The van der Waals surface area contributed by atoms with E-state index in [9.17, 15) is 18.0 Å². The summed E-state index contributed by atoms with van der Waals surface area (Å²) in [7, 11) is 0. The molecule has 0 atom stereocenters. The number of piperidine rings is 1. The normalized spacial score (nSPS) is 15.7. The largest absolute Gasteiger partial charge is 0.434 e. The molecule has 136 valence electrons. The van der Waals surface area contributed by atoms with Crippen LogP contribution in [0.5, 0.6) is 0 Å². The zero-order valence-corrected chi connectivity index (χ0v) is 13.8. The molecule has 0 saturated carbocycles. The lowest BCUT2D eigenvalue weighted by atomic mass is 9.93. The number of aromatic nitrogens is 3. The van der Waals surface area contributed by atoms with Crippen LogP contribution in [-0.4, -0.2) is 38.8 Å². The van der Waals surface area contributed by atoms with Gasteiger partial charge in [0.05, 0.1) is 11.1 Å². The van der Waals surface area contributed by atoms with Crippen LogP contribution >= 0.6 is 0 Å². The van der Waals surface area contributed by atoms with Crippen LogP contribution in [0.15, 0.2) is 24.7 Å². The molecule has 3 heterocycles. The van der Waals surface area contributed by atoms with Crippen molar-refractivity contribution in [2.75, 3.05) is 13.1 Å². The Balaban J connectivity index is 1.66. The summed E-state index contributed by atoms with van der Waals surface area (Å²) in [5.41, 5.74) is -1.91. The first kappa shape index (κ1) is 17.9. The molecule has 1 aliphatic rings. The Bertz CT molecular complexity index is 818. The van der Waals surface area contributed by atoms with Crippen LogP contribution < -0.4 is 0 Å². The van der Waals surface area contributed by atoms with Gasteiger partial charge in [-0.05, 0) is 24.8 Å². The Hall–Kier alpha value is -2.89. The van der Waals surface area contributed by atoms with E-state index in [2.05, 4.69) is 15.0 Å². The van der Waals surface area contributed by atoms with Crippen LogP contribution in [0, 0.1) is 17.2 Å². The number of amides is 1. The predicted octanol–water partition coefficient (Wildman–Crippen LogP) is 2.79. The Kier molecular flexibility index (Phi) is 4.93. The average molecular weight is 363 g/mol. The van der Waals surface area contributed by atoms with E-state index in [-0.39, 0.29) is 5.56 Å². The number of carbonyl (C=O) groups is 1. The molecule has 0 spiro atoms. The first-order chi connectivity index (χ1) is 12.4. The van der Waals surface area contributed by atoms with Gasteiger partial charge in [0.25, 0.3) is 5.91 Å². The van der Waals surface area contributed by atoms with Gasteiger partial charge in [-0.15, -0.1) is 0 Å². The zero-order valence-electron chi connectivity index (χ0n) is 13.8. The predicted molar refractivity (Wildman–Crippen MR) is 84.9 cm³/mol. The van der Waals surface area contributed by atoms with Gasteiger partial charge >= 0.3 is 6.18 Å². The molecule has 2 aromatic rings. The first-order valence-electron chi connectivity index (χ1n) is 8.13. The molecular formula is C17H16F3N5O. The van der Waals surface area contributed by atoms with Crippen LogP contribution in [-0.2, 0) is 12.6 Å². The summed E-state index contributed by atoms with van der Waals surface area (Å²) in [6.07, 6.45) is 1.99. The molecule has 0 aromatic carbocycles. The van der Waals surface area contributed by atoms with Gasteiger partial charge in [-0.2, -0.15) is 18.4 Å². The van der Waals surface area contributed by atoms with Crippen molar-refractivity contribution in [3.05, 3.63) is 47.3 Å². The van der Waals surface area contributed by atoms with E-state index in [1.807, 2.05) is 0 Å². The van der Waals surface area contributed by atoms with Crippen molar-refractivity contribution in [3.8, 4) is 6.07 Å². The second-order valence-corrected chi connectivity index (χ2v) is 6.21. The maximum Gasteiger partial charge on any atom is 0.434 e. The maximum atomic E-state index is 12.8. The lowest BCUT2D eigenvalue weighted by Crippen LogP contribution is -2.39. The van der Waals surface area contributed by atoms with Crippen molar-refractivity contribution in [3.63, 3.8) is 0 Å². The van der Waals surface area contributed by atoms with Crippen LogP contribution in [0.25, 0.3) is 0 Å². The average Bonchev–Trinajstić information content (AvgIpc) is 3.13. The van der Waals surface area contributed by atoms with Crippen LogP contribution in [0.2, 0.25) is 0 Å². The van der Waals surface area contributed by atoms with Crippen molar-refractivity contribution in [1.29, 1.82) is 5.26 Å². The molecule has 0 bridgehead atoms. The minimum atomic E-state index is -4.73. The topological polar surface area (TPSA) is 85.7 Å². The van der Waals surface area contributed by atoms with E-state index >= 15 is 0 Å². The van der Waals surface area contributed by atoms with Crippen molar-refractivity contribution < 1.29 is 18.0 Å². The molecule has 2 aromatic heterocycles. The molecule has 3 rings (SSSR count). The Morgan fingerprint density at radius 3 is 2.65 bits per heavy atom. The van der Waals surface area contributed by atoms with Crippen LogP contribution in [0.4, 0.5) is 13.2 Å². The van der Waals surface area contributed by atoms with E-state index in [0.29, 0.717) is 19.0 Å². The van der Waals surface area contributed by atoms with Crippen molar-refractivity contribution >= 4 is 5.91 Å². The number of hydrogen-bond acceptors (Lipinski definition) is 4. The van der Waals surface area contributed by atoms with Gasteiger partial charge in [-0.1, -0.05) is 0 Å². The van der Waals surface area contributed by atoms with Crippen molar-refractivity contribution in [2.45, 2.75) is 25.4 Å². The van der Waals surface area contributed by atoms with Gasteiger partial charge in [0.15, 0.2) is 5.69 Å². The molecule has 1 fully saturated rings. The summed E-state index contributed by atoms with van der Waals surface area (Å²) in [6, 6.07) is 2.43. The lowest BCUT2D eigenvalue weighted by molar-refractivity contribution is -0.141. The lowest BCUT2D eigenvalue weighted by Gasteiger charge is -2.31. The number of nitrogens with zero attached hydrogens (tertiary/aromatic N) is 4. The molecule has 9 heteroatoms. The number of rotatable bonds is 3. The number of likely N-dealkylation sites (tertiary alicyclic amines) is 1. The fourth-order valence-corrected chi connectivity index (χ4v) is 3.10. The zero-order chi connectivity index (χ0) is 18.7. The number of alkyl halides is 3. The SMILES string of the molecule is N#Cc1cc(C(=O)N2CCC(Cc3ncc[nH]3)CC2)cnc1C(F)(F)F. The van der Waals surface area contributed by atoms with E-state index in [4.69, 9.17) is 5.26 Å². The minimum absolute atomic E-state index is 0.000894. The number of nitrogens with one attached hydrogen (secondary N) is 1. The fraction of sp³-hybridized carbons (Fsp3) is 0.412. The number of nitriles is 1. The summed E-state index contributed by atoms with van der Waals surface area (Å²) >= 11 is 0. The highest BCUT2D eigenvalue weighted by atomic mass is 19.4. The highest BCUT2D eigenvalue weighted by molar-refractivity contribution is 5.94. The van der Waals surface area contributed by atoms with E-state index < -0.39 is 23.3 Å². The monoisotopic (exact) mass is 363 g/mol. The molecule has 1 aliphatic heterocycles. The molecule has 0 unspecified atom stereocenters. The van der Waals surface area contributed by atoms with Gasteiger partial charge in [0.1, 0.15) is 11.9 Å². The first-order valence-corrected chi connectivity index (χ1v) is 8.13. The molecule has 1 N–H and O–H groups in total. The third kappa shape index (κ3) is 3.85. The second kappa shape index (κ2) is 7.15. The van der Waals surface area contributed by atoms with Gasteiger partial charge in [-0.25, -0.2) is 9.97 Å². The van der Waals surface area contributed by atoms with Gasteiger partial charge in [0, 0.05) is 38.1 Å². The molecule has 0 aliphatic carbocycles. The van der Waals surface area contributed by atoms with Crippen molar-refractivity contribution in [2.24, 2.45) is 5.92 Å². The quantitative estimate of drug-likeness (QED) is 0.909. The summed E-state index contributed by atoms with van der Waals surface area (Å²) in [6.45, 7) is 1.01. The number of halogens is 3. The van der Waals surface area contributed by atoms with Gasteiger partial charge in [-0.3, -0.25) is 4.79 Å². The van der Waals surface area contributed by atoms with Crippen LogP contribution in [0.3, 0.4) is 0 Å². The Morgan fingerprint density at radius 1 is 1.35 bits per heavy atom. The van der Waals surface area contributed by atoms with Crippen molar-refractivity contribution in [1.82, 2.24) is 19.9 Å². The molecule has 1 amide bonds. The number of H-pyrrole nitrogens is 1. The third-order valence-corrected chi connectivity index (χ3v) is 4.46. The van der Waals surface area contributed by atoms with Gasteiger partial charge in [0.2, 0.25) is 0 Å². The molecule has 0 radical (unpaired) electrons. The minimum Gasteiger partial charge on any atom is -0.349 e. The number of hydrogen-bond donors (Lipinski definition) is 1. The molecule has 26 heavy (non-hydrogen) atoms. The van der Waals surface area contributed by atoms with E-state index in [0.717, 1.165) is 37.4 Å². The van der Waals surface area contributed by atoms with E-state index in [1.165, 1.54) is 6.07 Å². The molecule has 1 saturated heterocycles. The number of pyridine rings is 1. The van der Waals surface area contributed by atoms with Crippen LogP contribution in [0.1, 0.15) is 40.3 Å². The standard InChI is InChI=1S/C17H16F3N5O/c18-17(19,20)15-12(9-21)8-13(10-24-15)16(26)25-5-1-11(2-6-25)7-14-22-3-4-23-14/h3-4,8,10-11H,1-2,5-7H2,(H,22,23). The Morgan fingerprint density at radius 2 is 2.08 bits per heavy atom.